The molecule has 1 aliphatic rings. The molecule has 0 fully saturated rings. The summed E-state index contributed by atoms with van der Waals surface area (Å²) in [5, 5.41) is 14.3. The Labute approximate surface area is 270 Å². The fourth-order valence-corrected chi connectivity index (χ4v) is 8.33. The van der Waals surface area contributed by atoms with Gasteiger partial charge in [0.15, 0.2) is 27.1 Å². The average Bonchev–Trinajstić information content (AvgIpc) is 3.49. The zero-order chi connectivity index (χ0) is 33.5. The largest absolute Gasteiger partial charge is 0.454 e. The predicted octanol–water partition coefficient (Wildman–Crippen LogP) is 3.08. The zero-order valence-electron chi connectivity index (χ0n) is 26.0. The molecule has 0 saturated heterocycles. The first-order chi connectivity index (χ1) is 21.7. The third-order valence-electron chi connectivity index (χ3n) is 7.43. The maximum atomic E-state index is 13.8. The van der Waals surface area contributed by atoms with E-state index < -0.39 is 61.1 Å². The summed E-state index contributed by atoms with van der Waals surface area (Å²) in [5.41, 5.74) is 1.03. The number of aliphatic hydroxyl groups excluding tert-OH is 1. The fourth-order valence-electron chi connectivity index (χ4n) is 5.10. The van der Waals surface area contributed by atoms with Crippen molar-refractivity contribution in [2.24, 2.45) is 11.8 Å². The highest BCUT2D eigenvalue weighted by Gasteiger charge is 2.33. The van der Waals surface area contributed by atoms with Gasteiger partial charge in [-0.3, -0.25) is 9.59 Å². The minimum absolute atomic E-state index is 0.0167. The van der Waals surface area contributed by atoms with Gasteiger partial charge in [-0.05, 0) is 30.0 Å². The number of carbonyl (C=O) groups excluding carboxylic acids is 2. The molecule has 11 nitrogen and oxygen atoms in total. The molecule has 2 N–H and O–H groups in total. The summed E-state index contributed by atoms with van der Waals surface area (Å²) in [6.45, 7) is 4.86. The number of aliphatic hydroxyl groups is 1. The number of Topliss-reactive ketones (excluding diaryl/α,β-unsaturated/α-hetero) is 1. The molecule has 0 aliphatic carbocycles. The minimum Gasteiger partial charge on any atom is -0.454 e. The van der Waals surface area contributed by atoms with Crippen LogP contribution < -0.4 is 14.8 Å². The lowest BCUT2D eigenvalue weighted by molar-refractivity contribution is -0.125. The highest BCUT2D eigenvalue weighted by molar-refractivity contribution is 7.92. The smallest absolute Gasteiger partial charge is 0.243 e. The average molecular weight is 673 g/mol. The summed E-state index contributed by atoms with van der Waals surface area (Å²) in [6.07, 6.45) is -1.21. The number of rotatable bonds is 16. The Balaban J connectivity index is 1.51. The summed E-state index contributed by atoms with van der Waals surface area (Å²) in [4.78, 5) is 25.8. The second kappa shape index (κ2) is 15.2. The highest BCUT2D eigenvalue weighted by atomic mass is 32.2. The second-order valence-corrected chi connectivity index (χ2v) is 15.9. The molecule has 1 heterocycles. The van der Waals surface area contributed by atoms with E-state index in [0.29, 0.717) is 11.5 Å². The maximum absolute atomic E-state index is 13.8. The van der Waals surface area contributed by atoms with Crippen molar-refractivity contribution in [1.29, 1.82) is 0 Å². The van der Waals surface area contributed by atoms with Crippen LogP contribution >= 0.6 is 0 Å². The van der Waals surface area contributed by atoms with Crippen molar-refractivity contribution in [3.05, 3.63) is 90.0 Å². The van der Waals surface area contributed by atoms with Crippen LogP contribution in [-0.4, -0.2) is 81.5 Å². The third kappa shape index (κ3) is 9.38. The van der Waals surface area contributed by atoms with Crippen LogP contribution in [0, 0.1) is 11.8 Å². The van der Waals surface area contributed by atoms with E-state index in [-0.39, 0.29) is 42.7 Å². The molecule has 3 atom stereocenters. The highest BCUT2D eigenvalue weighted by Crippen LogP contribution is 2.35. The summed E-state index contributed by atoms with van der Waals surface area (Å²) in [6, 6.07) is 20.4. The topological polar surface area (TPSA) is 156 Å². The fraction of sp³-hybridized carbons (Fsp3) is 0.394. The molecule has 0 spiro atoms. The first-order valence-electron chi connectivity index (χ1n) is 15.0. The van der Waals surface area contributed by atoms with Crippen LogP contribution in [0.15, 0.2) is 83.8 Å². The molecule has 1 unspecified atom stereocenters. The molecule has 13 heteroatoms. The zero-order valence-corrected chi connectivity index (χ0v) is 27.7. The Morgan fingerprint density at radius 1 is 0.870 bits per heavy atom. The number of hydrogen-bond acceptors (Lipinski definition) is 9. The van der Waals surface area contributed by atoms with Crippen LogP contribution in [0.3, 0.4) is 0 Å². The number of sulfonamides is 1. The van der Waals surface area contributed by atoms with Crippen LogP contribution in [0.1, 0.15) is 36.7 Å². The Kier molecular flexibility index (Phi) is 11.6. The number of nitrogens with zero attached hydrogens (tertiary/aromatic N) is 1. The number of ketones is 1. The van der Waals surface area contributed by atoms with Gasteiger partial charge in [0.25, 0.3) is 0 Å². The van der Waals surface area contributed by atoms with Gasteiger partial charge < -0.3 is 19.9 Å². The standard InChI is InChI=1S/C33H40N2O9S2/c1-23(2)18-35(46(41,42)27-14-15-31-32(17-27)44-22-43-31)19-29(36)28(16-25-10-6-4-7-11-25)34-33(38)24(3)20-45(39,40)21-30(37)26-12-8-5-9-13-26/h4-15,17,23-24,28-29,36H,16,18-22H2,1-3H3,(H,34,38)/t24-,28?,29-/m1/s1. The van der Waals surface area contributed by atoms with Crippen molar-refractivity contribution >= 4 is 31.6 Å². The maximum Gasteiger partial charge on any atom is 0.243 e. The Morgan fingerprint density at radius 3 is 2.15 bits per heavy atom. The Bertz CT molecular complexity index is 1710. The van der Waals surface area contributed by atoms with Crippen molar-refractivity contribution < 1.29 is 41.0 Å². The quantitative estimate of drug-likeness (QED) is 0.218. The number of carbonyl (C=O) groups is 2. The van der Waals surface area contributed by atoms with Gasteiger partial charge in [0.1, 0.15) is 5.75 Å². The molecular weight excluding hydrogens is 633 g/mol. The normalized spacial score (nSPS) is 15.0. The SMILES string of the molecule is CC(C)CN(C[C@@H](O)C(Cc1ccccc1)NC(=O)[C@H](C)CS(=O)(=O)CC(=O)c1ccccc1)S(=O)(=O)c1ccc2c(c1)OCO2. The van der Waals surface area contributed by atoms with Gasteiger partial charge in [-0.15, -0.1) is 0 Å². The molecule has 0 aromatic heterocycles. The van der Waals surface area contributed by atoms with E-state index in [1.165, 1.54) is 41.6 Å². The van der Waals surface area contributed by atoms with Crippen molar-refractivity contribution in [3.63, 3.8) is 0 Å². The first kappa shape index (κ1) is 35.1. The summed E-state index contributed by atoms with van der Waals surface area (Å²) < 4.78 is 65.2. The number of sulfone groups is 1. The van der Waals surface area contributed by atoms with Crippen LogP contribution in [-0.2, 0) is 31.1 Å². The van der Waals surface area contributed by atoms with Crippen molar-refractivity contribution in [2.75, 3.05) is 31.4 Å². The van der Waals surface area contributed by atoms with Crippen molar-refractivity contribution in [1.82, 2.24) is 9.62 Å². The predicted molar refractivity (Wildman–Crippen MR) is 173 cm³/mol. The van der Waals surface area contributed by atoms with E-state index in [2.05, 4.69) is 5.32 Å². The number of fused-ring (bicyclic) bond motifs is 1. The van der Waals surface area contributed by atoms with Gasteiger partial charge in [-0.2, -0.15) is 4.31 Å². The summed E-state index contributed by atoms with van der Waals surface area (Å²) in [5.74, 6) is -2.96. The van der Waals surface area contributed by atoms with Crippen LogP contribution in [0.4, 0.5) is 0 Å². The number of nitrogens with one attached hydrogen (secondary N) is 1. The number of amides is 1. The molecule has 1 amide bonds. The molecule has 0 bridgehead atoms. The molecule has 3 aromatic carbocycles. The molecule has 3 aromatic rings. The first-order valence-corrected chi connectivity index (χ1v) is 18.2. The van der Waals surface area contributed by atoms with E-state index in [9.17, 15) is 31.5 Å². The van der Waals surface area contributed by atoms with Crippen molar-refractivity contribution in [3.8, 4) is 11.5 Å². The Hall–Kier alpha value is -3.78. The van der Waals surface area contributed by atoms with E-state index in [4.69, 9.17) is 9.47 Å². The second-order valence-electron chi connectivity index (χ2n) is 11.8. The minimum atomic E-state index is -4.11. The lowest BCUT2D eigenvalue weighted by atomic mass is 10.00. The van der Waals surface area contributed by atoms with Gasteiger partial charge in [0.05, 0.1) is 22.8 Å². The van der Waals surface area contributed by atoms with Crippen LogP contribution in [0.25, 0.3) is 0 Å². The van der Waals surface area contributed by atoms with E-state index in [1.807, 2.05) is 32.0 Å². The third-order valence-corrected chi connectivity index (χ3v) is 11.0. The van der Waals surface area contributed by atoms with E-state index in [1.54, 1.807) is 30.3 Å². The van der Waals surface area contributed by atoms with E-state index in [0.717, 1.165) is 5.56 Å². The Morgan fingerprint density at radius 2 is 1.50 bits per heavy atom. The van der Waals surface area contributed by atoms with Crippen LogP contribution in [0.2, 0.25) is 0 Å². The van der Waals surface area contributed by atoms with Gasteiger partial charge >= 0.3 is 0 Å². The lowest BCUT2D eigenvalue weighted by Gasteiger charge is -2.31. The molecule has 1 aliphatic heterocycles. The van der Waals surface area contributed by atoms with Gasteiger partial charge in [0.2, 0.25) is 22.7 Å². The molecule has 46 heavy (non-hydrogen) atoms. The van der Waals surface area contributed by atoms with Crippen molar-refractivity contribution in [2.45, 2.75) is 44.2 Å². The lowest BCUT2D eigenvalue weighted by Crippen LogP contribution is -2.52. The number of benzene rings is 3. The number of hydrogen-bond donors (Lipinski definition) is 2. The van der Waals surface area contributed by atoms with E-state index >= 15 is 0 Å². The number of ether oxygens (including phenoxy) is 2. The molecule has 0 saturated carbocycles. The van der Waals surface area contributed by atoms with Gasteiger partial charge in [-0.25, -0.2) is 16.8 Å². The summed E-state index contributed by atoms with van der Waals surface area (Å²) >= 11 is 0. The molecule has 0 radical (unpaired) electrons. The monoisotopic (exact) mass is 672 g/mol. The molecule has 4 rings (SSSR count). The summed E-state index contributed by atoms with van der Waals surface area (Å²) in [7, 11) is -8.06. The molecule has 248 valence electrons. The van der Waals surface area contributed by atoms with Gasteiger partial charge in [0, 0.05) is 30.6 Å². The van der Waals surface area contributed by atoms with Crippen LogP contribution in [0.5, 0.6) is 11.5 Å². The van der Waals surface area contributed by atoms with Gasteiger partial charge in [-0.1, -0.05) is 81.4 Å². The molecular formula is C33H40N2O9S2.